The summed E-state index contributed by atoms with van der Waals surface area (Å²) in [6, 6.07) is 13.5. The largest absolute Gasteiger partial charge is 0.376 e. The number of methoxy groups -OCH3 is 1. The van der Waals surface area contributed by atoms with E-state index in [1.165, 1.54) is 12.0 Å². The van der Waals surface area contributed by atoms with Gasteiger partial charge in [0.25, 0.3) is 0 Å². The molecule has 5 atom stereocenters. The molecule has 2 fully saturated rings. The van der Waals surface area contributed by atoms with E-state index in [1.807, 2.05) is 43.3 Å². The number of hydrogen-bond acceptors (Lipinski definition) is 6. The van der Waals surface area contributed by atoms with Crippen LogP contribution in [0, 0.1) is 6.92 Å². The van der Waals surface area contributed by atoms with Gasteiger partial charge in [-0.3, -0.25) is 4.79 Å². The fourth-order valence-electron chi connectivity index (χ4n) is 4.68. The molecule has 9 nitrogen and oxygen atoms in total. The number of urea groups is 1. The lowest BCUT2D eigenvalue weighted by Gasteiger charge is -2.37. The lowest BCUT2D eigenvalue weighted by atomic mass is 9.98. The van der Waals surface area contributed by atoms with Gasteiger partial charge in [0.05, 0.1) is 6.04 Å². The number of hydrogen-bond donors (Lipinski definition) is 2. The molecule has 194 valence electrons. The monoisotopic (exact) mass is 517 g/mol. The number of primary amides is 1. The average molecular weight is 518 g/mol. The number of aryl methyl sites for hydroxylation is 1. The van der Waals surface area contributed by atoms with Gasteiger partial charge < -0.3 is 34.9 Å². The van der Waals surface area contributed by atoms with Crippen molar-refractivity contribution in [1.29, 1.82) is 0 Å². The zero-order valence-corrected chi connectivity index (χ0v) is 21.5. The summed E-state index contributed by atoms with van der Waals surface area (Å²) < 4.78 is 23.9. The van der Waals surface area contributed by atoms with Gasteiger partial charge in [0.1, 0.15) is 18.3 Å². The highest BCUT2D eigenvalue weighted by Gasteiger charge is 2.58. The van der Waals surface area contributed by atoms with Crippen molar-refractivity contribution >= 4 is 29.2 Å². The van der Waals surface area contributed by atoms with Crippen LogP contribution in [-0.4, -0.2) is 60.4 Å². The van der Waals surface area contributed by atoms with E-state index >= 15 is 0 Å². The molecule has 0 saturated carbocycles. The van der Waals surface area contributed by atoms with Gasteiger partial charge in [0, 0.05) is 30.8 Å². The summed E-state index contributed by atoms with van der Waals surface area (Å²) >= 11 is 6.27. The van der Waals surface area contributed by atoms with Crippen LogP contribution in [0.3, 0.4) is 0 Å². The number of fused-ring (bicyclic) bond motifs is 1. The number of nitrogens with two attached hydrogens (primary N) is 1. The summed E-state index contributed by atoms with van der Waals surface area (Å²) in [6.07, 6.45) is -2.71. The second kappa shape index (κ2) is 10.7. The van der Waals surface area contributed by atoms with Crippen molar-refractivity contribution < 1.29 is 28.5 Å². The minimum Gasteiger partial charge on any atom is -0.376 e. The number of amides is 3. The molecule has 2 aromatic carbocycles. The molecule has 2 aromatic rings. The maximum Gasteiger partial charge on any atom is 0.322 e. The molecule has 36 heavy (non-hydrogen) atoms. The van der Waals surface area contributed by atoms with E-state index in [0.29, 0.717) is 10.7 Å². The maximum atomic E-state index is 13.7. The normalized spacial score (nSPS) is 25.2. The minimum absolute atomic E-state index is 0.151. The summed E-state index contributed by atoms with van der Waals surface area (Å²) in [6.45, 7) is 5.66. The molecule has 2 aliphatic heterocycles. The SMILES string of the molecule is CO[C@@H]1[C@H]2OC(C)(C)O[C@H]2O[C@@H]1[C@H](CC(N)=O)N(Cc1ccccc1)C(=O)Nc1ccc(C)c(Cl)c1. The van der Waals surface area contributed by atoms with Crippen molar-refractivity contribution in [1.82, 2.24) is 4.90 Å². The Balaban J connectivity index is 1.67. The first-order valence-corrected chi connectivity index (χ1v) is 12.2. The Hall–Kier alpha value is -2.69. The van der Waals surface area contributed by atoms with Crippen LogP contribution in [0.4, 0.5) is 10.5 Å². The Morgan fingerprint density at radius 2 is 1.92 bits per heavy atom. The number of halogens is 1. The average Bonchev–Trinajstić information content (AvgIpc) is 3.30. The van der Waals surface area contributed by atoms with E-state index in [2.05, 4.69) is 5.32 Å². The second-order valence-electron chi connectivity index (χ2n) is 9.51. The van der Waals surface area contributed by atoms with Crippen LogP contribution >= 0.6 is 11.6 Å². The molecule has 4 rings (SSSR count). The third kappa shape index (κ3) is 5.82. The third-order valence-corrected chi connectivity index (χ3v) is 6.78. The minimum atomic E-state index is -0.845. The molecule has 2 saturated heterocycles. The molecule has 2 heterocycles. The molecule has 2 aliphatic rings. The van der Waals surface area contributed by atoms with Crippen LogP contribution in [0.25, 0.3) is 0 Å². The lowest BCUT2D eigenvalue weighted by molar-refractivity contribution is -0.223. The number of carbonyl (C=O) groups excluding carboxylic acids is 2. The van der Waals surface area contributed by atoms with Crippen LogP contribution in [0.15, 0.2) is 48.5 Å². The number of ether oxygens (including phenoxy) is 4. The van der Waals surface area contributed by atoms with Crippen LogP contribution in [0.1, 0.15) is 31.4 Å². The number of nitrogens with one attached hydrogen (secondary N) is 1. The fourth-order valence-corrected chi connectivity index (χ4v) is 4.86. The molecule has 10 heteroatoms. The Morgan fingerprint density at radius 3 is 2.56 bits per heavy atom. The summed E-state index contributed by atoms with van der Waals surface area (Å²) in [5, 5.41) is 3.42. The zero-order valence-electron chi connectivity index (χ0n) is 20.8. The molecule has 0 radical (unpaired) electrons. The topological polar surface area (TPSA) is 112 Å². The molecule has 0 unspecified atom stereocenters. The van der Waals surface area contributed by atoms with E-state index in [0.717, 1.165) is 11.1 Å². The van der Waals surface area contributed by atoms with Gasteiger partial charge in [-0.2, -0.15) is 0 Å². The molecule has 0 aliphatic carbocycles. The van der Waals surface area contributed by atoms with E-state index in [-0.39, 0.29) is 13.0 Å². The fraction of sp³-hybridized carbons (Fsp3) is 0.462. The maximum absolute atomic E-state index is 13.7. The van der Waals surface area contributed by atoms with Crippen LogP contribution in [0.5, 0.6) is 0 Å². The van der Waals surface area contributed by atoms with Crippen LogP contribution in [0.2, 0.25) is 5.02 Å². The van der Waals surface area contributed by atoms with Crippen molar-refractivity contribution in [2.24, 2.45) is 5.73 Å². The van der Waals surface area contributed by atoms with Crippen LogP contribution in [-0.2, 0) is 30.3 Å². The van der Waals surface area contributed by atoms with Crippen LogP contribution < -0.4 is 11.1 Å². The summed E-state index contributed by atoms with van der Waals surface area (Å²) in [5.74, 6) is -1.43. The standard InChI is InChI=1S/C26H32ClN3O6/c1-15-10-11-17(12-18(15)27)29-25(32)30(14-16-8-6-5-7-9-16)19(13-20(28)31)21-22(33-4)23-24(34-21)36-26(2,3)35-23/h5-12,19,21-24H,13-14H2,1-4H3,(H2,28,31)(H,29,32)/t19-,21+,22-,23+,24+/m0/s1. The van der Waals surface area contributed by atoms with Gasteiger partial charge in [-0.15, -0.1) is 0 Å². The van der Waals surface area contributed by atoms with Gasteiger partial charge in [-0.1, -0.05) is 48.0 Å². The van der Waals surface area contributed by atoms with Crippen molar-refractivity contribution in [2.45, 2.75) is 70.2 Å². The van der Waals surface area contributed by atoms with Crippen molar-refractivity contribution in [3.05, 3.63) is 64.7 Å². The van der Waals surface area contributed by atoms with Gasteiger partial charge in [0.2, 0.25) is 5.91 Å². The Morgan fingerprint density at radius 1 is 1.19 bits per heavy atom. The highest BCUT2D eigenvalue weighted by Crippen LogP contribution is 2.41. The van der Waals surface area contributed by atoms with E-state index in [1.54, 1.807) is 26.0 Å². The van der Waals surface area contributed by atoms with Crippen molar-refractivity contribution in [3.63, 3.8) is 0 Å². The molecule has 3 amide bonds. The Kier molecular flexibility index (Phi) is 7.87. The Labute approximate surface area is 215 Å². The number of benzene rings is 2. The second-order valence-corrected chi connectivity index (χ2v) is 9.92. The number of carbonyl (C=O) groups is 2. The summed E-state index contributed by atoms with van der Waals surface area (Å²) in [4.78, 5) is 27.5. The zero-order chi connectivity index (χ0) is 26.0. The molecule has 3 N–H and O–H groups in total. The summed E-state index contributed by atoms with van der Waals surface area (Å²) in [5.41, 5.74) is 7.93. The first-order chi connectivity index (χ1) is 17.1. The molecule has 0 aromatic heterocycles. The molecule has 0 spiro atoms. The third-order valence-electron chi connectivity index (χ3n) is 6.37. The molecular weight excluding hydrogens is 486 g/mol. The highest BCUT2D eigenvalue weighted by atomic mass is 35.5. The first kappa shape index (κ1) is 26.4. The number of rotatable bonds is 8. The van der Waals surface area contributed by atoms with Gasteiger partial charge in [0.15, 0.2) is 12.1 Å². The highest BCUT2D eigenvalue weighted by molar-refractivity contribution is 6.31. The smallest absolute Gasteiger partial charge is 0.322 e. The van der Waals surface area contributed by atoms with E-state index < -0.39 is 48.4 Å². The summed E-state index contributed by atoms with van der Waals surface area (Å²) in [7, 11) is 1.54. The first-order valence-electron chi connectivity index (χ1n) is 11.8. The molecule has 0 bridgehead atoms. The lowest BCUT2D eigenvalue weighted by Crippen LogP contribution is -2.54. The number of nitrogens with zero attached hydrogens (tertiary/aromatic N) is 1. The van der Waals surface area contributed by atoms with E-state index in [4.69, 9.17) is 36.3 Å². The van der Waals surface area contributed by atoms with Gasteiger partial charge in [-0.05, 0) is 44.0 Å². The predicted molar refractivity (Wildman–Crippen MR) is 134 cm³/mol. The van der Waals surface area contributed by atoms with Gasteiger partial charge in [-0.25, -0.2) is 4.79 Å². The predicted octanol–water partition coefficient (Wildman–Crippen LogP) is 3.82. The van der Waals surface area contributed by atoms with E-state index in [9.17, 15) is 9.59 Å². The quantitative estimate of drug-likeness (QED) is 0.550. The number of anilines is 1. The van der Waals surface area contributed by atoms with Crippen molar-refractivity contribution in [3.8, 4) is 0 Å². The van der Waals surface area contributed by atoms with Gasteiger partial charge >= 0.3 is 6.03 Å². The Bertz CT molecular complexity index is 1100. The van der Waals surface area contributed by atoms with Crippen molar-refractivity contribution in [2.75, 3.05) is 12.4 Å². The molecular formula is C26H32ClN3O6.